The van der Waals surface area contributed by atoms with E-state index in [2.05, 4.69) is 5.32 Å². The van der Waals surface area contributed by atoms with Crippen LogP contribution in [0.5, 0.6) is 0 Å². The molecule has 1 aliphatic rings. The van der Waals surface area contributed by atoms with Crippen molar-refractivity contribution in [3.05, 3.63) is 33.8 Å². The highest BCUT2D eigenvalue weighted by atomic mass is 35.5. The van der Waals surface area contributed by atoms with Crippen molar-refractivity contribution in [2.24, 2.45) is 5.73 Å². The van der Waals surface area contributed by atoms with E-state index in [1.165, 1.54) is 0 Å². The molecule has 100 valence electrons. The first-order valence-corrected chi connectivity index (χ1v) is 6.28. The minimum Gasteiger partial charge on any atom is -0.350 e. The molecule has 1 aromatic carbocycles. The van der Waals surface area contributed by atoms with Gasteiger partial charge in [0, 0.05) is 17.6 Å². The zero-order chi connectivity index (χ0) is 12.5. The third-order valence-electron chi connectivity index (χ3n) is 3.13. The van der Waals surface area contributed by atoms with Crippen LogP contribution in [0.1, 0.15) is 29.6 Å². The molecule has 0 unspecified atom stereocenters. The third kappa shape index (κ3) is 3.51. The number of amides is 1. The molecular weight excluding hydrogens is 295 g/mol. The van der Waals surface area contributed by atoms with Crippen LogP contribution in [0.4, 0.5) is 0 Å². The molecule has 1 aromatic rings. The second-order valence-electron chi connectivity index (χ2n) is 4.53. The molecule has 18 heavy (non-hydrogen) atoms. The quantitative estimate of drug-likeness (QED) is 0.901. The van der Waals surface area contributed by atoms with Crippen molar-refractivity contribution in [1.82, 2.24) is 5.32 Å². The Kier molecular flexibility index (Phi) is 5.29. The minimum absolute atomic E-state index is 0. The lowest BCUT2D eigenvalue weighted by molar-refractivity contribution is 0.0930. The molecule has 1 saturated carbocycles. The van der Waals surface area contributed by atoms with Crippen molar-refractivity contribution in [3.8, 4) is 0 Å². The summed E-state index contributed by atoms with van der Waals surface area (Å²) < 4.78 is 0. The van der Waals surface area contributed by atoms with Crippen LogP contribution in [0, 0.1) is 0 Å². The largest absolute Gasteiger partial charge is 0.350 e. The molecule has 0 aromatic heterocycles. The van der Waals surface area contributed by atoms with Gasteiger partial charge in [0.05, 0.1) is 10.0 Å². The zero-order valence-corrected chi connectivity index (χ0v) is 12.0. The number of benzene rings is 1. The van der Waals surface area contributed by atoms with Crippen LogP contribution in [0.2, 0.25) is 10.0 Å². The predicted molar refractivity (Wildman–Crippen MR) is 76.8 cm³/mol. The molecule has 3 N–H and O–H groups in total. The molecule has 3 nitrogen and oxygen atoms in total. The molecule has 0 aliphatic heterocycles. The van der Waals surface area contributed by atoms with Gasteiger partial charge >= 0.3 is 0 Å². The Labute approximate surface area is 122 Å². The van der Waals surface area contributed by atoms with E-state index in [9.17, 15) is 4.79 Å². The summed E-state index contributed by atoms with van der Waals surface area (Å²) in [4.78, 5) is 11.8. The molecule has 0 heterocycles. The van der Waals surface area contributed by atoms with Gasteiger partial charge in [-0.25, -0.2) is 0 Å². The van der Waals surface area contributed by atoms with E-state index in [1.807, 2.05) is 0 Å². The maximum atomic E-state index is 11.8. The monoisotopic (exact) mass is 308 g/mol. The third-order valence-corrected chi connectivity index (χ3v) is 3.87. The van der Waals surface area contributed by atoms with Crippen LogP contribution >= 0.6 is 35.6 Å². The summed E-state index contributed by atoms with van der Waals surface area (Å²) in [5.41, 5.74) is 6.31. The predicted octanol–water partition coefficient (Wildman–Crippen LogP) is 3.03. The number of rotatable bonds is 3. The average Bonchev–Trinajstić information content (AvgIpc) is 2.27. The number of nitrogens with two attached hydrogens (primary N) is 1. The summed E-state index contributed by atoms with van der Waals surface area (Å²) in [6.45, 7) is 0.506. The summed E-state index contributed by atoms with van der Waals surface area (Å²) in [6.07, 6.45) is 3.07. The Morgan fingerprint density at radius 1 is 1.33 bits per heavy atom. The smallest absolute Gasteiger partial charge is 0.251 e. The Balaban J connectivity index is 0.00000162. The van der Waals surface area contributed by atoms with Crippen LogP contribution in [-0.2, 0) is 0 Å². The first kappa shape index (κ1) is 15.6. The maximum absolute atomic E-state index is 11.8. The Morgan fingerprint density at radius 2 is 2.00 bits per heavy atom. The van der Waals surface area contributed by atoms with Gasteiger partial charge in [-0.3, -0.25) is 4.79 Å². The Hall–Kier alpha value is -0.480. The molecule has 0 atom stereocenters. The normalized spacial score (nSPS) is 16.4. The van der Waals surface area contributed by atoms with E-state index in [0.717, 1.165) is 19.3 Å². The fraction of sp³-hybridized carbons (Fsp3) is 0.417. The maximum Gasteiger partial charge on any atom is 0.251 e. The van der Waals surface area contributed by atoms with Gasteiger partial charge in [0.2, 0.25) is 0 Å². The molecule has 6 heteroatoms. The lowest BCUT2D eigenvalue weighted by atomic mass is 9.78. The number of halogens is 3. The van der Waals surface area contributed by atoms with E-state index >= 15 is 0 Å². The van der Waals surface area contributed by atoms with Gasteiger partial charge in [0.15, 0.2) is 0 Å². The van der Waals surface area contributed by atoms with Gasteiger partial charge < -0.3 is 11.1 Å². The van der Waals surface area contributed by atoms with Gasteiger partial charge in [-0.05, 0) is 37.5 Å². The molecule has 0 radical (unpaired) electrons. The minimum atomic E-state index is -0.216. The van der Waals surface area contributed by atoms with E-state index in [4.69, 9.17) is 28.9 Å². The molecule has 1 fully saturated rings. The first-order chi connectivity index (χ1) is 8.00. The second-order valence-corrected chi connectivity index (χ2v) is 5.34. The average molecular weight is 310 g/mol. The summed E-state index contributed by atoms with van der Waals surface area (Å²) in [5.74, 6) is -0.166. The fourth-order valence-corrected chi connectivity index (χ4v) is 2.10. The zero-order valence-electron chi connectivity index (χ0n) is 9.71. The molecular formula is C12H15Cl3N2O. The summed E-state index contributed by atoms with van der Waals surface area (Å²) in [5, 5.41) is 3.64. The molecule has 2 rings (SSSR count). The molecule has 0 bridgehead atoms. The van der Waals surface area contributed by atoms with E-state index in [-0.39, 0.29) is 23.9 Å². The molecule has 0 spiro atoms. The van der Waals surface area contributed by atoms with Crippen molar-refractivity contribution in [2.75, 3.05) is 6.54 Å². The van der Waals surface area contributed by atoms with E-state index in [1.54, 1.807) is 18.2 Å². The van der Waals surface area contributed by atoms with E-state index in [0.29, 0.717) is 22.2 Å². The molecule has 1 aliphatic carbocycles. The number of hydrogen-bond donors (Lipinski definition) is 2. The van der Waals surface area contributed by atoms with Crippen molar-refractivity contribution < 1.29 is 4.79 Å². The Bertz CT molecular complexity index is 447. The molecule has 0 saturated heterocycles. The highest BCUT2D eigenvalue weighted by molar-refractivity contribution is 6.42. The van der Waals surface area contributed by atoms with Crippen molar-refractivity contribution in [1.29, 1.82) is 0 Å². The van der Waals surface area contributed by atoms with Gasteiger partial charge in [0.25, 0.3) is 5.91 Å². The van der Waals surface area contributed by atoms with Crippen molar-refractivity contribution in [2.45, 2.75) is 24.8 Å². The lowest BCUT2D eigenvalue weighted by Gasteiger charge is -2.38. The number of carbonyl (C=O) groups is 1. The van der Waals surface area contributed by atoms with Crippen molar-refractivity contribution >= 4 is 41.5 Å². The van der Waals surface area contributed by atoms with Crippen LogP contribution in [-0.4, -0.2) is 18.0 Å². The van der Waals surface area contributed by atoms with Gasteiger partial charge in [-0.15, -0.1) is 12.4 Å². The second kappa shape index (κ2) is 6.11. The summed E-state index contributed by atoms with van der Waals surface area (Å²) in [6, 6.07) is 4.82. The Morgan fingerprint density at radius 3 is 2.50 bits per heavy atom. The van der Waals surface area contributed by atoms with Crippen LogP contribution in [0.25, 0.3) is 0 Å². The number of carbonyl (C=O) groups excluding carboxylic acids is 1. The fourth-order valence-electron chi connectivity index (χ4n) is 1.80. The highest BCUT2D eigenvalue weighted by Gasteiger charge is 2.32. The SMILES string of the molecule is Cl.NC1(CNC(=O)c2ccc(Cl)c(Cl)c2)CCC1. The van der Waals surface area contributed by atoms with Gasteiger partial charge in [-0.1, -0.05) is 23.2 Å². The number of nitrogens with one attached hydrogen (secondary N) is 1. The molecule has 1 amide bonds. The van der Waals surface area contributed by atoms with Gasteiger partial charge in [-0.2, -0.15) is 0 Å². The van der Waals surface area contributed by atoms with Gasteiger partial charge in [0.1, 0.15) is 0 Å². The topological polar surface area (TPSA) is 55.1 Å². The first-order valence-electron chi connectivity index (χ1n) is 5.52. The summed E-state index contributed by atoms with van der Waals surface area (Å²) in [7, 11) is 0. The number of hydrogen-bond acceptors (Lipinski definition) is 2. The van der Waals surface area contributed by atoms with Crippen LogP contribution in [0.3, 0.4) is 0 Å². The summed E-state index contributed by atoms with van der Waals surface area (Å²) >= 11 is 11.6. The van der Waals surface area contributed by atoms with Crippen LogP contribution < -0.4 is 11.1 Å². The van der Waals surface area contributed by atoms with E-state index < -0.39 is 0 Å². The lowest BCUT2D eigenvalue weighted by Crippen LogP contribution is -2.54. The van der Waals surface area contributed by atoms with Crippen molar-refractivity contribution in [3.63, 3.8) is 0 Å². The standard InChI is InChI=1S/C12H14Cl2N2O.ClH/c13-9-3-2-8(6-10(9)14)11(17)16-7-12(15)4-1-5-12;/h2-3,6H,1,4-5,7,15H2,(H,16,17);1H. The highest BCUT2D eigenvalue weighted by Crippen LogP contribution is 2.28. The van der Waals surface area contributed by atoms with Crippen LogP contribution in [0.15, 0.2) is 18.2 Å².